The van der Waals surface area contributed by atoms with Gasteiger partial charge in [0, 0.05) is 20.7 Å². The highest BCUT2D eigenvalue weighted by atomic mass is 35.5. The van der Waals surface area contributed by atoms with Crippen molar-refractivity contribution in [3.63, 3.8) is 0 Å². The number of nitrogens with one attached hydrogen (secondary N) is 2. The number of carbonyl (C=O) groups excluding carboxylic acids is 2. The molecule has 21 heavy (non-hydrogen) atoms. The largest absolute Gasteiger partial charge is 0.382 e. The lowest BCUT2D eigenvalue weighted by Crippen LogP contribution is -2.53. The average Bonchev–Trinajstić information content (AvgIpc) is 3.05. The van der Waals surface area contributed by atoms with E-state index in [-0.39, 0.29) is 29.0 Å². The van der Waals surface area contributed by atoms with Crippen molar-refractivity contribution in [1.82, 2.24) is 20.4 Å². The first-order valence-corrected chi connectivity index (χ1v) is 7.12. The van der Waals surface area contributed by atoms with Gasteiger partial charge in [-0.25, -0.2) is 0 Å². The van der Waals surface area contributed by atoms with Gasteiger partial charge in [-0.1, -0.05) is 11.6 Å². The van der Waals surface area contributed by atoms with Crippen molar-refractivity contribution in [1.29, 1.82) is 0 Å². The van der Waals surface area contributed by atoms with E-state index in [4.69, 9.17) is 16.3 Å². The highest BCUT2D eigenvalue weighted by Crippen LogP contribution is 2.34. The summed E-state index contributed by atoms with van der Waals surface area (Å²) in [7, 11) is 3.14. The van der Waals surface area contributed by atoms with Crippen molar-refractivity contribution in [3.8, 4) is 0 Å². The second-order valence-corrected chi connectivity index (χ2v) is 5.57. The number of hydrogen-bond donors (Lipinski definition) is 2. The molecule has 1 aliphatic heterocycles. The Morgan fingerprint density at radius 1 is 1.62 bits per heavy atom. The Balaban J connectivity index is 2.29. The highest BCUT2D eigenvalue weighted by Gasteiger charge is 2.46. The number of methoxy groups -OCH3 is 1. The van der Waals surface area contributed by atoms with Crippen molar-refractivity contribution in [3.05, 3.63) is 16.9 Å². The maximum atomic E-state index is 12.7. The molecule has 0 radical (unpaired) electrons. The molecule has 0 spiro atoms. The van der Waals surface area contributed by atoms with Crippen LogP contribution in [-0.2, 0) is 9.53 Å². The van der Waals surface area contributed by atoms with Gasteiger partial charge in [0.2, 0.25) is 5.91 Å². The summed E-state index contributed by atoms with van der Waals surface area (Å²) in [6.07, 6.45) is 3.13. The number of ether oxygens (including phenoxy) is 1. The fourth-order valence-corrected chi connectivity index (χ4v) is 3.02. The van der Waals surface area contributed by atoms with E-state index >= 15 is 0 Å². The predicted octanol–water partition coefficient (Wildman–Crippen LogP) is 0.820. The van der Waals surface area contributed by atoms with Crippen molar-refractivity contribution in [2.24, 2.45) is 0 Å². The number of halogens is 1. The lowest BCUT2D eigenvalue weighted by Gasteiger charge is -2.37. The molecule has 1 aliphatic rings. The molecule has 116 valence electrons. The normalized spacial score (nSPS) is 21.6. The molecule has 0 saturated carbocycles. The molecule has 0 aromatic carbocycles. The van der Waals surface area contributed by atoms with Crippen LogP contribution in [0.25, 0.3) is 0 Å². The summed E-state index contributed by atoms with van der Waals surface area (Å²) in [5.74, 6) is -0.376. The Morgan fingerprint density at radius 2 is 2.38 bits per heavy atom. The number of carbonyl (C=O) groups is 2. The summed E-state index contributed by atoms with van der Waals surface area (Å²) in [6, 6.07) is 0. The molecule has 2 amide bonds. The molecular formula is C13H19ClN4O3. The van der Waals surface area contributed by atoms with E-state index in [9.17, 15) is 9.59 Å². The SMILES string of the molecule is CNC(=O)C[C@@]1(COC)CCCN1C(=O)c1[nH]ncc1Cl. The van der Waals surface area contributed by atoms with Crippen LogP contribution in [0.4, 0.5) is 0 Å². The van der Waals surface area contributed by atoms with Gasteiger partial charge in [0.05, 0.1) is 29.8 Å². The molecule has 0 unspecified atom stereocenters. The maximum absolute atomic E-state index is 12.7. The van der Waals surface area contributed by atoms with Gasteiger partial charge in [0.1, 0.15) is 5.69 Å². The fourth-order valence-electron chi connectivity index (χ4n) is 2.85. The topological polar surface area (TPSA) is 87.3 Å². The van der Waals surface area contributed by atoms with Crippen molar-refractivity contribution in [2.45, 2.75) is 24.8 Å². The molecule has 7 nitrogen and oxygen atoms in total. The lowest BCUT2D eigenvalue weighted by atomic mass is 9.92. The molecule has 2 rings (SSSR count). The highest BCUT2D eigenvalue weighted by molar-refractivity contribution is 6.33. The summed E-state index contributed by atoms with van der Waals surface area (Å²) < 4.78 is 5.27. The van der Waals surface area contributed by atoms with E-state index in [1.807, 2.05) is 0 Å². The van der Waals surface area contributed by atoms with Crippen LogP contribution in [0.2, 0.25) is 5.02 Å². The number of aromatic amines is 1. The van der Waals surface area contributed by atoms with E-state index in [0.717, 1.165) is 6.42 Å². The molecule has 2 N–H and O–H groups in total. The molecule has 2 heterocycles. The van der Waals surface area contributed by atoms with Gasteiger partial charge in [-0.15, -0.1) is 0 Å². The van der Waals surface area contributed by atoms with E-state index in [2.05, 4.69) is 15.5 Å². The zero-order valence-electron chi connectivity index (χ0n) is 12.1. The van der Waals surface area contributed by atoms with E-state index in [1.54, 1.807) is 19.1 Å². The Labute approximate surface area is 128 Å². The van der Waals surface area contributed by atoms with Crippen LogP contribution in [0, 0.1) is 0 Å². The Morgan fingerprint density at radius 3 is 2.95 bits per heavy atom. The second kappa shape index (κ2) is 6.44. The van der Waals surface area contributed by atoms with Gasteiger partial charge in [-0.2, -0.15) is 5.10 Å². The second-order valence-electron chi connectivity index (χ2n) is 5.16. The third-order valence-electron chi connectivity index (χ3n) is 3.83. The number of H-pyrrole nitrogens is 1. The summed E-state index contributed by atoms with van der Waals surface area (Å²) >= 11 is 5.96. The number of hydrogen-bond acceptors (Lipinski definition) is 4. The third kappa shape index (κ3) is 3.03. The Bertz CT molecular complexity index is 533. The van der Waals surface area contributed by atoms with Gasteiger partial charge in [-0.05, 0) is 12.8 Å². The molecule has 1 aromatic rings. The number of nitrogens with zero attached hydrogens (tertiary/aromatic N) is 2. The summed E-state index contributed by atoms with van der Waals surface area (Å²) in [6.45, 7) is 0.868. The van der Waals surface area contributed by atoms with Crippen molar-refractivity contribution >= 4 is 23.4 Å². The first-order valence-electron chi connectivity index (χ1n) is 6.74. The number of amides is 2. The first-order chi connectivity index (χ1) is 10.0. The minimum atomic E-state index is -0.639. The maximum Gasteiger partial charge on any atom is 0.273 e. The summed E-state index contributed by atoms with van der Waals surface area (Å²) in [5, 5.41) is 9.26. The van der Waals surface area contributed by atoms with Crippen LogP contribution in [0.3, 0.4) is 0 Å². The Hall–Kier alpha value is -1.60. The van der Waals surface area contributed by atoms with E-state index in [1.165, 1.54) is 6.20 Å². The van der Waals surface area contributed by atoms with Gasteiger partial charge in [0.25, 0.3) is 5.91 Å². The lowest BCUT2D eigenvalue weighted by molar-refractivity contribution is -0.123. The zero-order chi connectivity index (χ0) is 15.5. The standard InChI is InChI=1S/C13H19ClN4O3/c1-15-10(19)6-13(8-21-2)4-3-5-18(13)12(20)11-9(14)7-16-17-11/h7H,3-6,8H2,1-2H3,(H,15,19)(H,16,17)/t13-/m1/s1. The summed E-state index contributed by atoms with van der Waals surface area (Å²) in [4.78, 5) is 26.2. The first kappa shape index (κ1) is 15.8. The van der Waals surface area contributed by atoms with Crippen LogP contribution in [-0.4, -0.2) is 59.8 Å². The van der Waals surface area contributed by atoms with Crippen molar-refractivity contribution < 1.29 is 14.3 Å². The molecule has 1 atom stereocenters. The quantitative estimate of drug-likeness (QED) is 0.842. The van der Waals surface area contributed by atoms with Crippen LogP contribution < -0.4 is 5.32 Å². The molecule has 1 fully saturated rings. The molecule has 8 heteroatoms. The third-order valence-corrected chi connectivity index (χ3v) is 4.12. The van der Waals surface area contributed by atoms with Gasteiger partial charge in [-0.3, -0.25) is 14.7 Å². The van der Waals surface area contributed by atoms with Crippen LogP contribution in [0.15, 0.2) is 6.20 Å². The molecule has 0 bridgehead atoms. The summed E-state index contributed by atoms with van der Waals surface area (Å²) in [5.41, 5.74) is -0.392. The smallest absolute Gasteiger partial charge is 0.273 e. The average molecular weight is 315 g/mol. The minimum Gasteiger partial charge on any atom is -0.382 e. The fraction of sp³-hybridized carbons (Fsp3) is 0.615. The molecule has 1 saturated heterocycles. The van der Waals surface area contributed by atoms with Crippen LogP contribution in [0.1, 0.15) is 29.8 Å². The van der Waals surface area contributed by atoms with Crippen molar-refractivity contribution in [2.75, 3.05) is 27.3 Å². The van der Waals surface area contributed by atoms with Crippen LogP contribution in [0.5, 0.6) is 0 Å². The minimum absolute atomic E-state index is 0.123. The van der Waals surface area contributed by atoms with Gasteiger partial charge in [0.15, 0.2) is 0 Å². The number of likely N-dealkylation sites (tertiary alicyclic amines) is 1. The zero-order valence-corrected chi connectivity index (χ0v) is 12.9. The van der Waals surface area contributed by atoms with E-state index in [0.29, 0.717) is 19.6 Å². The molecule has 0 aliphatic carbocycles. The van der Waals surface area contributed by atoms with E-state index < -0.39 is 5.54 Å². The molecular weight excluding hydrogens is 296 g/mol. The number of rotatable bonds is 5. The Kier molecular flexibility index (Phi) is 4.84. The molecule has 1 aromatic heterocycles. The van der Waals surface area contributed by atoms with Gasteiger partial charge < -0.3 is 15.0 Å². The van der Waals surface area contributed by atoms with Crippen LogP contribution >= 0.6 is 11.6 Å². The number of aromatic nitrogens is 2. The predicted molar refractivity (Wildman–Crippen MR) is 77.2 cm³/mol. The monoisotopic (exact) mass is 314 g/mol. The van der Waals surface area contributed by atoms with Gasteiger partial charge >= 0.3 is 0 Å².